The molecule has 4 heteroatoms. The van der Waals surface area contributed by atoms with Crippen molar-refractivity contribution in [2.24, 2.45) is 0 Å². The van der Waals surface area contributed by atoms with Gasteiger partial charge < -0.3 is 9.73 Å². The van der Waals surface area contributed by atoms with Crippen molar-refractivity contribution in [2.75, 3.05) is 20.1 Å². The Labute approximate surface area is 108 Å². The fourth-order valence-electron chi connectivity index (χ4n) is 1.75. The highest BCUT2D eigenvalue weighted by Gasteiger charge is 2.01. The zero-order valence-electron chi connectivity index (χ0n) is 10.7. The molecular formula is C14H19N3O. The van der Waals surface area contributed by atoms with Crippen molar-refractivity contribution in [3.8, 4) is 0 Å². The fraction of sp³-hybridized carbons (Fsp3) is 0.357. The van der Waals surface area contributed by atoms with Crippen molar-refractivity contribution >= 4 is 0 Å². The first kappa shape index (κ1) is 12.8. The maximum atomic E-state index is 5.31. The molecule has 2 aromatic heterocycles. The largest absolute Gasteiger partial charge is 0.468 e. The van der Waals surface area contributed by atoms with Gasteiger partial charge in [-0.25, -0.2) is 0 Å². The van der Waals surface area contributed by atoms with Crippen LogP contribution in [0.5, 0.6) is 0 Å². The van der Waals surface area contributed by atoms with Gasteiger partial charge in [0.15, 0.2) is 0 Å². The number of aromatic nitrogens is 1. The van der Waals surface area contributed by atoms with Crippen LogP contribution in [-0.4, -0.2) is 30.0 Å². The summed E-state index contributed by atoms with van der Waals surface area (Å²) in [6, 6.07) is 7.95. The second-order valence-electron chi connectivity index (χ2n) is 4.36. The number of nitrogens with one attached hydrogen (secondary N) is 1. The molecule has 0 radical (unpaired) electrons. The van der Waals surface area contributed by atoms with Crippen LogP contribution in [0.4, 0.5) is 0 Å². The molecule has 0 unspecified atom stereocenters. The summed E-state index contributed by atoms with van der Waals surface area (Å²) in [5, 5.41) is 3.40. The molecule has 0 bridgehead atoms. The molecule has 0 aliphatic carbocycles. The van der Waals surface area contributed by atoms with E-state index in [1.165, 1.54) is 5.56 Å². The molecule has 1 N–H and O–H groups in total. The van der Waals surface area contributed by atoms with E-state index in [0.29, 0.717) is 0 Å². The number of likely N-dealkylation sites (N-methyl/N-ethyl adjacent to an activating group) is 1. The maximum absolute atomic E-state index is 5.31. The molecular weight excluding hydrogens is 226 g/mol. The van der Waals surface area contributed by atoms with Gasteiger partial charge in [-0.1, -0.05) is 6.07 Å². The van der Waals surface area contributed by atoms with Gasteiger partial charge in [-0.2, -0.15) is 0 Å². The maximum Gasteiger partial charge on any atom is 0.117 e. The second-order valence-corrected chi connectivity index (χ2v) is 4.36. The van der Waals surface area contributed by atoms with Crippen molar-refractivity contribution in [1.29, 1.82) is 0 Å². The first-order valence-corrected chi connectivity index (χ1v) is 6.15. The highest BCUT2D eigenvalue weighted by Crippen LogP contribution is 2.02. The van der Waals surface area contributed by atoms with Crippen LogP contribution >= 0.6 is 0 Å². The van der Waals surface area contributed by atoms with Gasteiger partial charge in [0, 0.05) is 32.0 Å². The lowest BCUT2D eigenvalue weighted by Gasteiger charge is -2.15. The Kier molecular flexibility index (Phi) is 4.93. The molecule has 0 amide bonds. The molecule has 0 aliphatic heterocycles. The minimum Gasteiger partial charge on any atom is -0.468 e. The molecule has 2 aromatic rings. The van der Waals surface area contributed by atoms with Crippen LogP contribution in [0.1, 0.15) is 11.3 Å². The molecule has 96 valence electrons. The smallest absolute Gasteiger partial charge is 0.117 e. The van der Waals surface area contributed by atoms with E-state index in [9.17, 15) is 0 Å². The normalized spacial score (nSPS) is 11.0. The minimum atomic E-state index is 0.849. The lowest BCUT2D eigenvalue weighted by Crippen LogP contribution is -2.28. The second kappa shape index (κ2) is 6.93. The molecule has 4 nitrogen and oxygen atoms in total. The molecule has 0 aromatic carbocycles. The average Bonchev–Trinajstić information content (AvgIpc) is 2.89. The molecule has 2 heterocycles. The van der Waals surface area contributed by atoms with Gasteiger partial charge in [0.1, 0.15) is 5.76 Å². The van der Waals surface area contributed by atoms with Gasteiger partial charge in [-0.3, -0.25) is 9.88 Å². The summed E-state index contributed by atoms with van der Waals surface area (Å²) in [7, 11) is 2.09. The lowest BCUT2D eigenvalue weighted by atomic mass is 10.3. The topological polar surface area (TPSA) is 41.3 Å². The van der Waals surface area contributed by atoms with E-state index in [1.807, 2.05) is 24.4 Å². The number of hydrogen-bond acceptors (Lipinski definition) is 4. The third-order valence-corrected chi connectivity index (χ3v) is 2.73. The first-order valence-electron chi connectivity index (χ1n) is 6.15. The van der Waals surface area contributed by atoms with Crippen LogP contribution < -0.4 is 5.32 Å². The Morgan fingerprint density at radius 2 is 2.28 bits per heavy atom. The number of pyridine rings is 1. The van der Waals surface area contributed by atoms with E-state index in [4.69, 9.17) is 4.42 Å². The predicted molar refractivity (Wildman–Crippen MR) is 71.0 cm³/mol. The molecule has 0 spiro atoms. The Bertz CT molecular complexity index is 428. The number of rotatable bonds is 7. The molecule has 0 atom stereocenters. The van der Waals surface area contributed by atoms with E-state index in [0.717, 1.165) is 31.9 Å². The molecule has 0 fully saturated rings. The van der Waals surface area contributed by atoms with E-state index in [-0.39, 0.29) is 0 Å². The summed E-state index contributed by atoms with van der Waals surface area (Å²) in [4.78, 5) is 6.32. The first-order chi connectivity index (χ1) is 8.84. The molecule has 0 aliphatic rings. The van der Waals surface area contributed by atoms with Gasteiger partial charge in [-0.05, 0) is 30.8 Å². The SMILES string of the molecule is CN(CCNCc1cccnc1)Cc1ccco1. The van der Waals surface area contributed by atoms with Crippen LogP contribution in [0, 0.1) is 0 Å². The van der Waals surface area contributed by atoms with Crippen molar-refractivity contribution < 1.29 is 4.42 Å². The Morgan fingerprint density at radius 1 is 1.33 bits per heavy atom. The molecule has 2 rings (SSSR count). The zero-order valence-corrected chi connectivity index (χ0v) is 10.7. The number of furan rings is 1. The van der Waals surface area contributed by atoms with Crippen LogP contribution in [0.15, 0.2) is 47.3 Å². The summed E-state index contributed by atoms with van der Waals surface area (Å²) >= 11 is 0. The Hall–Kier alpha value is -1.65. The van der Waals surface area contributed by atoms with E-state index in [2.05, 4.69) is 28.3 Å². The van der Waals surface area contributed by atoms with Crippen molar-refractivity contribution in [2.45, 2.75) is 13.1 Å². The van der Waals surface area contributed by atoms with Gasteiger partial charge >= 0.3 is 0 Å². The van der Waals surface area contributed by atoms with Crippen LogP contribution in [-0.2, 0) is 13.1 Å². The quantitative estimate of drug-likeness (QED) is 0.756. The number of hydrogen-bond donors (Lipinski definition) is 1. The predicted octanol–water partition coefficient (Wildman–Crippen LogP) is 1.90. The van der Waals surface area contributed by atoms with E-state index in [1.54, 1.807) is 12.5 Å². The monoisotopic (exact) mass is 245 g/mol. The highest BCUT2D eigenvalue weighted by molar-refractivity contribution is 5.07. The molecule has 0 saturated heterocycles. The summed E-state index contributed by atoms with van der Waals surface area (Å²) in [5.74, 6) is 1.00. The Morgan fingerprint density at radius 3 is 3.00 bits per heavy atom. The number of nitrogens with zero attached hydrogens (tertiary/aromatic N) is 2. The van der Waals surface area contributed by atoms with Gasteiger partial charge in [0.25, 0.3) is 0 Å². The summed E-state index contributed by atoms with van der Waals surface area (Å²) in [5.41, 5.74) is 1.21. The van der Waals surface area contributed by atoms with Crippen molar-refractivity contribution in [3.63, 3.8) is 0 Å². The Balaban J connectivity index is 1.60. The minimum absolute atomic E-state index is 0.849. The van der Waals surface area contributed by atoms with Gasteiger partial charge in [-0.15, -0.1) is 0 Å². The molecule has 0 saturated carbocycles. The van der Waals surface area contributed by atoms with E-state index >= 15 is 0 Å². The van der Waals surface area contributed by atoms with Crippen molar-refractivity contribution in [3.05, 3.63) is 54.2 Å². The lowest BCUT2D eigenvalue weighted by molar-refractivity contribution is 0.294. The zero-order chi connectivity index (χ0) is 12.6. The highest BCUT2D eigenvalue weighted by atomic mass is 16.3. The molecule has 18 heavy (non-hydrogen) atoms. The standard InChI is InChI=1S/C14H19N3O/c1-17(12-14-5-3-9-18-14)8-7-16-11-13-4-2-6-15-10-13/h2-6,9-10,16H,7-8,11-12H2,1H3. The average molecular weight is 245 g/mol. The van der Waals surface area contributed by atoms with Gasteiger partial charge in [0.05, 0.1) is 12.8 Å². The van der Waals surface area contributed by atoms with Crippen LogP contribution in [0.25, 0.3) is 0 Å². The van der Waals surface area contributed by atoms with Crippen LogP contribution in [0.2, 0.25) is 0 Å². The summed E-state index contributed by atoms with van der Waals surface area (Å²) in [6.07, 6.45) is 5.39. The van der Waals surface area contributed by atoms with E-state index < -0.39 is 0 Å². The third kappa shape index (κ3) is 4.31. The fourth-order valence-corrected chi connectivity index (χ4v) is 1.75. The van der Waals surface area contributed by atoms with Gasteiger partial charge in [0.2, 0.25) is 0 Å². The van der Waals surface area contributed by atoms with Crippen molar-refractivity contribution in [1.82, 2.24) is 15.2 Å². The summed E-state index contributed by atoms with van der Waals surface area (Å²) < 4.78 is 5.31. The van der Waals surface area contributed by atoms with Crippen LogP contribution in [0.3, 0.4) is 0 Å². The summed E-state index contributed by atoms with van der Waals surface area (Å²) in [6.45, 7) is 3.65. The third-order valence-electron chi connectivity index (χ3n) is 2.73.